The van der Waals surface area contributed by atoms with Gasteiger partial charge in [0.15, 0.2) is 5.58 Å². The molecular weight excluding hydrogens is 235 g/mol. The number of rotatable bonds is 0. The van der Waals surface area contributed by atoms with E-state index in [9.17, 15) is 18.0 Å². The van der Waals surface area contributed by atoms with Crippen molar-refractivity contribution in [1.82, 2.24) is 4.57 Å². The SMILES string of the molecule is Cc1c(C(F)(F)F)n(C)c2c(C)coc2c1=O. The van der Waals surface area contributed by atoms with Gasteiger partial charge in [-0.2, -0.15) is 13.2 Å². The maximum Gasteiger partial charge on any atom is 0.431 e. The highest BCUT2D eigenvalue weighted by Gasteiger charge is 2.37. The third kappa shape index (κ3) is 1.55. The van der Waals surface area contributed by atoms with Gasteiger partial charge in [0.25, 0.3) is 0 Å². The van der Waals surface area contributed by atoms with E-state index in [1.807, 2.05) is 0 Å². The fraction of sp³-hybridized carbons (Fsp3) is 0.364. The molecule has 0 fully saturated rings. The van der Waals surface area contributed by atoms with E-state index in [1.165, 1.54) is 13.3 Å². The van der Waals surface area contributed by atoms with Crippen LogP contribution in [0.5, 0.6) is 0 Å². The Hall–Kier alpha value is -1.72. The molecule has 92 valence electrons. The van der Waals surface area contributed by atoms with Crippen molar-refractivity contribution in [2.75, 3.05) is 0 Å². The van der Waals surface area contributed by atoms with E-state index in [0.29, 0.717) is 5.56 Å². The number of nitrogens with zero attached hydrogens (tertiary/aromatic N) is 1. The molecule has 0 bridgehead atoms. The fourth-order valence-electron chi connectivity index (χ4n) is 2.06. The zero-order valence-electron chi connectivity index (χ0n) is 9.47. The highest BCUT2D eigenvalue weighted by molar-refractivity contribution is 5.78. The lowest BCUT2D eigenvalue weighted by molar-refractivity contribution is -0.143. The van der Waals surface area contributed by atoms with Crippen molar-refractivity contribution in [3.8, 4) is 0 Å². The van der Waals surface area contributed by atoms with Crippen molar-refractivity contribution in [2.45, 2.75) is 20.0 Å². The second-order valence-electron chi connectivity index (χ2n) is 3.96. The summed E-state index contributed by atoms with van der Waals surface area (Å²) in [6, 6.07) is 0. The molecule has 0 aliphatic carbocycles. The van der Waals surface area contributed by atoms with E-state index in [4.69, 9.17) is 4.42 Å². The zero-order chi connectivity index (χ0) is 13.0. The first-order valence-corrected chi connectivity index (χ1v) is 4.89. The third-order valence-corrected chi connectivity index (χ3v) is 2.78. The third-order valence-electron chi connectivity index (χ3n) is 2.78. The van der Waals surface area contributed by atoms with Crippen LogP contribution in [0.3, 0.4) is 0 Å². The van der Waals surface area contributed by atoms with Crippen molar-refractivity contribution in [3.05, 3.63) is 33.3 Å². The van der Waals surface area contributed by atoms with Gasteiger partial charge in [-0.15, -0.1) is 0 Å². The van der Waals surface area contributed by atoms with Crippen LogP contribution in [0, 0.1) is 13.8 Å². The summed E-state index contributed by atoms with van der Waals surface area (Å²) in [5, 5.41) is 0. The Labute approximate surface area is 94.5 Å². The van der Waals surface area contributed by atoms with Crippen LogP contribution in [0.1, 0.15) is 16.8 Å². The van der Waals surface area contributed by atoms with Gasteiger partial charge in [0.05, 0.1) is 11.8 Å². The first kappa shape index (κ1) is 11.8. The van der Waals surface area contributed by atoms with Gasteiger partial charge in [0.1, 0.15) is 5.69 Å². The molecular formula is C11H10F3NO2. The molecule has 0 amide bonds. The van der Waals surface area contributed by atoms with E-state index < -0.39 is 17.3 Å². The Kier molecular flexibility index (Phi) is 2.34. The standard InChI is InChI=1S/C11H10F3NO2/c1-5-4-17-9-7(5)15(3)10(11(12,13)14)6(2)8(9)16/h4H,1-3H3. The Balaban J connectivity index is 3.05. The number of fused-ring (bicyclic) bond motifs is 1. The summed E-state index contributed by atoms with van der Waals surface area (Å²) < 4.78 is 44.6. The average Bonchev–Trinajstić information content (AvgIpc) is 2.55. The number of halogens is 3. The van der Waals surface area contributed by atoms with Crippen molar-refractivity contribution in [1.29, 1.82) is 0 Å². The van der Waals surface area contributed by atoms with Gasteiger partial charge in [0, 0.05) is 18.2 Å². The van der Waals surface area contributed by atoms with Crippen LogP contribution in [0.4, 0.5) is 13.2 Å². The van der Waals surface area contributed by atoms with Crippen molar-refractivity contribution >= 4 is 11.1 Å². The summed E-state index contributed by atoms with van der Waals surface area (Å²) in [5.41, 5.74) is -1.33. The molecule has 0 saturated heterocycles. The van der Waals surface area contributed by atoms with E-state index in [1.54, 1.807) is 6.92 Å². The summed E-state index contributed by atoms with van der Waals surface area (Å²) in [6.45, 7) is 2.75. The van der Waals surface area contributed by atoms with Crippen LogP contribution in [0.15, 0.2) is 15.5 Å². The summed E-state index contributed by atoms with van der Waals surface area (Å²) in [7, 11) is 1.28. The van der Waals surface area contributed by atoms with Crippen molar-refractivity contribution in [3.63, 3.8) is 0 Å². The molecule has 3 nitrogen and oxygen atoms in total. The second-order valence-corrected chi connectivity index (χ2v) is 3.96. The monoisotopic (exact) mass is 245 g/mol. The molecule has 0 unspecified atom stereocenters. The van der Waals surface area contributed by atoms with Crippen LogP contribution in [-0.4, -0.2) is 4.57 Å². The molecule has 0 saturated carbocycles. The fourth-order valence-corrected chi connectivity index (χ4v) is 2.06. The topological polar surface area (TPSA) is 35.1 Å². The maximum absolute atomic E-state index is 12.9. The molecule has 2 aromatic heterocycles. The maximum atomic E-state index is 12.9. The van der Waals surface area contributed by atoms with Gasteiger partial charge in [0.2, 0.25) is 5.43 Å². The lowest BCUT2D eigenvalue weighted by Gasteiger charge is -2.15. The number of aryl methyl sites for hydroxylation is 2. The number of alkyl halides is 3. The summed E-state index contributed by atoms with van der Waals surface area (Å²) in [4.78, 5) is 11.8. The Morgan fingerprint density at radius 3 is 2.41 bits per heavy atom. The average molecular weight is 245 g/mol. The highest BCUT2D eigenvalue weighted by atomic mass is 19.4. The Morgan fingerprint density at radius 2 is 1.88 bits per heavy atom. The van der Waals surface area contributed by atoms with Gasteiger partial charge in [-0.05, 0) is 13.8 Å². The molecule has 0 aromatic carbocycles. The molecule has 2 aromatic rings. The number of hydrogen-bond acceptors (Lipinski definition) is 2. The highest BCUT2D eigenvalue weighted by Crippen LogP contribution is 2.33. The van der Waals surface area contributed by atoms with E-state index in [-0.39, 0.29) is 16.7 Å². The molecule has 17 heavy (non-hydrogen) atoms. The minimum Gasteiger partial charge on any atom is -0.458 e. The minimum absolute atomic E-state index is 0.0319. The Morgan fingerprint density at radius 1 is 1.29 bits per heavy atom. The first-order valence-electron chi connectivity index (χ1n) is 4.89. The number of furan rings is 1. The van der Waals surface area contributed by atoms with Gasteiger partial charge >= 0.3 is 6.18 Å². The van der Waals surface area contributed by atoms with Crippen molar-refractivity contribution in [2.24, 2.45) is 7.05 Å². The van der Waals surface area contributed by atoms with Gasteiger partial charge in [-0.1, -0.05) is 0 Å². The molecule has 2 rings (SSSR count). The number of aromatic nitrogens is 1. The second kappa shape index (κ2) is 3.38. The van der Waals surface area contributed by atoms with E-state index in [2.05, 4.69) is 0 Å². The first-order chi connectivity index (χ1) is 7.75. The van der Waals surface area contributed by atoms with Gasteiger partial charge < -0.3 is 8.98 Å². The summed E-state index contributed by atoms with van der Waals surface area (Å²) in [6.07, 6.45) is -3.28. The Bertz CT molecular complexity index is 649. The largest absolute Gasteiger partial charge is 0.458 e. The van der Waals surface area contributed by atoms with Crippen LogP contribution in [0.2, 0.25) is 0 Å². The van der Waals surface area contributed by atoms with Crippen LogP contribution in [0.25, 0.3) is 11.1 Å². The van der Waals surface area contributed by atoms with E-state index >= 15 is 0 Å². The summed E-state index contributed by atoms with van der Waals surface area (Å²) in [5.74, 6) is 0. The molecule has 0 aliphatic rings. The van der Waals surface area contributed by atoms with Crippen LogP contribution >= 0.6 is 0 Å². The number of pyridine rings is 1. The molecule has 0 aliphatic heterocycles. The van der Waals surface area contributed by atoms with Crippen molar-refractivity contribution < 1.29 is 17.6 Å². The van der Waals surface area contributed by atoms with Crippen LogP contribution in [-0.2, 0) is 13.2 Å². The molecule has 0 radical (unpaired) electrons. The number of hydrogen-bond donors (Lipinski definition) is 0. The zero-order valence-corrected chi connectivity index (χ0v) is 9.47. The quantitative estimate of drug-likeness (QED) is 0.715. The minimum atomic E-state index is -4.56. The summed E-state index contributed by atoms with van der Waals surface area (Å²) >= 11 is 0. The predicted octanol–water partition coefficient (Wildman–Crippen LogP) is 2.77. The van der Waals surface area contributed by atoms with Crippen LogP contribution < -0.4 is 5.43 Å². The molecule has 0 N–H and O–H groups in total. The lowest BCUT2D eigenvalue weighted by atomic mass is 10.1. The molecule has 2 heterocycles. The van der Waals surface area contributed by atoms with Gasteiger partial charge in [-0.25, -0.2) is 0 Å². The molecule has 6 heteroatoms. The van der Waals surface area contributed by atoms with E-state index in [0.717, 1.165) is 11.5 Å². The lowest BCUT2D eigenvalue weighted by Crippen LogP contribution is -2.23. The smallest absolute Gasteiger partial charge is 0.431 e. The predicted molar refractivity (Wildman–Crippen MR) is 55.9 cm³/mol. The molecule has 0 atom stereocenters. The normalized spacial score (nSPS) is 12.4. The van der Waals surface area contributed by atoms with Gasteiger partial charge in [-0.3, -0.25) is 4.79 Å². The molecule has 0 spiro atoms.